The predicted molar refractivity (Wildman–Crippen MR) is 90.2 cm³/mol. The van der Waals surface area contributed by atoms with E-state index < -0.39 is 11.4 Å². The molecule has 1 aromatic heterocycles. The van der Waals surface area contributed by atoms with Crippen LogP contribution in [0.4, 0.5) is 0 Å². The van der Waals surface area contributed by atoms with Crippen LogP contribution in [0.1, 0.15) is 37.8 Å². The van der Waals surface area contributed by atoms with Gasteiger partial charge in [0.05, 0.1) is 11.1 Å². The van der Waals surface area contributed by atoms with Gasteiger partial charge in [-0.05, 0) is 31.7 Å². The van der Waals surface area contributed by atoms with Crippen molar-refractivity contribution in [1.29, 1.82) is 0 Å². The molecule has 1 saturated heterocycles. The third-order valence-electron chi connectivity index (χ3n) is 4.72. The van der Waals surface area contributed by atoms with E-state index in [2.05, 4.69) is 10.2 Å². The maximum Gasteiger partial charge on any atom is 0.311 e. The Labute approximate surface area is 146 Å². The first-order valence-corrected chi connectivity index (χ1v) is 8.51. The van der Waals surface area contributed by atoms with Gasteiger partial charge in [-0.1, -0.05) is 0 Å². The van der Waals surface area contributed by atoms with E-state index in [4.69, 9.17) is 4.74 Å². The maximum atomic E-state index is 12.5. The zero-order chi connectivity index (χ0) is 18.3. The largest absolute Gasteiger partial charge is 0.481 e. The third-order valence-corrected chi connectivity index (χ3v) is 4.72. The number of carbonyl (C=O) groups is 2. The lowest BCUT2D eigenvalue weighted by atomic mass is 9.76. The molecule has 138 valence electrons. The highest BCUT2D eigenvalue weighted by Gasteiger charge is 2.42. The number of carboxylic acid groups (broad SMARTS) is 1. The van der Waals surface area contributed by atoms with Crippen molar-refractivity contribution in [1.82, 2.24) is 15.1 Å². The van der Waals surface area contributed by atoms with E-state index in [1.165, 1.54) is 6.07 Å². The maximum absolute atomic E-state index is 12.5. The Balaban J connectivity index is 1.95. The highest BCUT2D eigenvalue weighted by molar-refractivity contribution is 5.79. The number of likely N-dealkylation sites (tertiary alicyclic amines) is 1. The molecule has 0 aliphatic carbocycles. The van der Waals surface area contributed by atoms with Crippen LogP contribution in [0.3, 0.4) is 0 Å². The molecule has 2 rings (SSSR count). The minimum atomic E-state index is -0.886. The molecular weight excluding hydrogens is 326 g/mol. The number of aromatic amines is 1. The number of aliphatic carboxylic acids is 1. The smallest absolute Gasteiger partial charge is 0.311 e. The van der Waals surface area contributed by atoms with E-state index in [-0.39, 0.29) is 24.4 Å². The van der Waals surface area contributed by atoms with Gasteiger partial charge in [0.2, 0.25) is 5.91 Å². The summed E-state index contributed by atoms with van der Waals surface area (Å²) in [7, 11) is 1.59. The van der Waals surface area contributed by atoms with Crippen LogP contribution in [-0.2, 0) is 20.7 Å². The first-order chi connectivity index (χ1) is 12.0. The fourth-order valence-corrected chi connectivity index (χ4v) is 3.29. The number of nitrogens with one attached hydrogen (secondary N) is 1. The number of methoxy groups -OCH3 is 1. The van der Waals surface area contributed by atoms with Crippen molar-refractivity contribution >= 4 is 11.9 Å². The van der Waals surface area contributed by atoms with Gasteiger partial charge < -0.3 is 14.7 Å². The van der Waals surface area contributed by atoms with Crippen molar-refractivity contribution in [3.05, 3.63) is 28.2 Å². The molecule has 0 aromatic carbocycles. The van der Waals surface area contributed by atoms with E-state index in [0.717, 1.165) is 0 Å². The Morgan fingerprint density at radius 3 is 2.88 bits per heavy atom. The van der Waals surface area contributed by atoms with Crippen LogP contribution in [-0.4, -0.2) is 58.9 Å². The van der Waals surface area contributed by atoms with E-state index in [1.54, 1.807) is 18.1 Å². The highest BCUT2D eigenvalue weighted by atomic mass is 16.5. The molecule has 1 aromatic rings. The third kappa shape index (κ3) is 5.12. The molecule has 2 heterocycles. The van der Waals surface area contributed by atoms with Crippen LogP contribution < -0.4 is 5.56 Å². The zero-order valence-electron chi connectivity index (χ0n) is 14.5. The van der Waals surface area contributed by atoms with Crippen LogP contribution >= 0.6 is 0 Å². The van der Waals surface area contributed by atoms with Crippen LogP contribution in [0.25, 0.3) is 0 Å². The van der Waals surface area contributed by atoms with Gasteiger partial charge in [-0.25, -0.2) is 5.10 Å². The number of nitrogens with zero attached hydrogens (tertiary/aromatic N) is 2. The first-order valence-electron chi connectivity index (χ1n) is 8.51. The molecule has 0 saturated carbocycles. The van der Waals surface area contributed by atoms with Crippen molar-refractivity contribution in [2.75, 3.05) is 26.8 Å². The van der Waals surface area contributed by atoms with Gasteiger partial charge in [-0.3, -0.25) is 14.4 Å². The van der Waals surface area contributed by atoms with Gasteiger partial charge >= 0.3 is 5.97 Å². The van der Waals surface area contributed by atoms with Gasteiger partial charge in [-0.2, -0.15) is 5.10 Å². The Morgan fingerprint density at radius 1 is 1.44 bits per heavy atom. The van der Waals surface area contributed by atoms with Crippen molar-refractivity contribution < 1.29 is 19.4 Å². The SMILES string of the molecule is COCCC[C@]1(C(=O)O)CCCN(C(=O)CCc2ccc(=O)[nH]n2)C1. The number of piperidine rings is 1. The summed E-state index contributed by atoms with van der Waals surface area (Å²) in [6, 6.07) is 2.97. The Kier molecular flexibility index (Phi) is 6.69. The normalized spacial score (nSPS) is 20.4. The number of amides is 1. The molecule has 1 aliphatic rings. The monoisotopic (exact) mass is 351 g/mol. The van der Waals surface area contributed by atoms with Gasteiger partial charge in [0.1, 0.15) is 0 Å². The fraction of sp³-hybridized carbons (Fsp3) is 0.647. The summed E-state index contributed by atoms with van der Waals surface area (Å²) in [6.45, 7) is 1.34. The van der Waals surface area contributed by atoms with Gasteiger partial charge in [0, 0.05) is 45.7 Å². The average molecular weight is 351 g/mol. The molecule has 25 heavy (non-hydrogen) atoms. The molecule has 0 spiro atoms. The Morgan fingerprint density at radius 2 is 2.24 bits per heavy atom. The van der Waals surface area contributed by atoms with Gasteiger partial charge in [-0.15, -0.1) is 0 Å². The summed E-state index contributed by atoms with van der Waals surface area (Å²) in [4.78, 5) is 37.0. The minimum Gasteiger partial charge on any atom is -0.481 e. The predicted octanol–water partition coefficient (Wildman–Crippen LogP) is 0.823. The number of hydrogen-bond acceptors (Lipinski definition) is 5. The fourth-order valence-electron chi connectivity index (χ4n) is 3.29. The van der Waals surface area contributed by atoms with Crippen LogP contribution in [0.2, 0.25) is 0 Å². The van der Waals surface area contributed by atoms with E-state index in [0.29, 0.717) is 50.9 Å². The molecule has 8 heteroatoms. The Bertz CT molecular complexity index is 639. The Hall–Kier alpha value is -2.22. The summed E-state index contributed by atoms with van der Waals surface area (Å²) in [5, 5.41) is 15.9. The molecule has 1 atom stereocenters. The van der Waals surface area contributed by atoms with Crippen molar-refractivity contribution in [3.8, 4) is 0 Å². The summed E-state index contributed by atoms with van der Waals surface area (Å²) >= 11 is 0. The lowest BCUT2D eigenvalue weighted by molar-refractivity contribution is -0.155. The number of hydrogen-bond donors (Lipinski definition) is 2. The van der Waals surface area contributed by atoms with Crippen LogP contribution in [0.15, 0.2) is 16.9 Å². The zero-order valence-corrected chi connectivity index (χ0v) is 14.5. The van der Waals surface area contributed by atoms with Crippen LogP contribution in [0, 0.1) is 5.41 Å². The van der Waals surface area contributed by atoms with E-state index in [9.17, 15) is 19.5 Å². The molecule has 0 bridgehead atoms. The molecule has 8 nitrogen and oxygen atoms in total. The summed E-state index contributed by atoms with van der Waals surface area (Å²) in [5.74, 6) is -0.923. The van der Waals surface area contributed by atoms with Crippen molar-refractivity contribution in [2.45, 2.75) is 38.5 Å². The lowest BCUT2D eigenvalue weighted by Gasteiger charge is -2.40. The number of H-pyrrole nitrogens is 1. The second kappa shape index (κ2) is 8.75. The van der Waals surface area contributed by atoms with E-state index in [1.807, 2.05) is 0 Å². The van der Waals surface area contributed by atoms with Crippen molar-refractivity contribution in [2.24, 2.45) is 5.41 Å². The standard InChI is InChI=1S/C17H25N3O5/c1-25-11-3-9-17(16(23)24)8-2-10-20(12-17)15(22)7-5-13-4-6-14(21)19-18-13/h4,6H,2-3,5,7-12H2,1H3,(H,19,21)(H,23,24)/t17-/m1/s1. The summed E-state index contributed by atoms with van der Waals surface area (Å²) < 4.78 is 5.02. The number of rotatable bonds is 8. The van der Waals surface area contributed by atoms with Gasteiger partial charge in [0.15, 0.2) is 0 Å². The quantitative estimate of drug-likeness (QED) is 0.671. The minimum absolute atomic E-state index is 0.0786. The molecule has 0 unspecified atom stereocenters. The number of carbonyl (C=O) groups excluding carboxylic acids is 1. The average Bonchev–Trinajstić information content (AvgIpc) is 2.61. The second-order valence-electron chi connectivity index (χ2n) is 6.51. The molecule has 2 N–H and O–H groups in total. The summed E-state index contributed by atoms with van der Waals surface area (Å²) in [5.41, 5.74) is -0.536. The molecular formula is C17H25N3O5. The van der Waals surface area contributed by atoms with E-state index >= 15 is 0 Å². The van der Waals surface area contributed by atoms with Crippen LogP contribution in [0.5, 0.6) is 0 Å². The molecule has 1 aliphatic heterocycles. The number of aryl methyl sites for hydroxylation is 1. The number of carboxylic acids is 1. The lowest BCUT2D eigenvalue weighted by Crippen LogP contribution is -2.50. The molecule has 0 radical (unpaired) electrons. The topological polar surface area (TPSA) is 113 Å². The second-order valence-corrected chi connectivity index (χ2v) is 6.51. The molecule has 1 fully saturated rings. The van der Waals surface area contributed by atoms with Crippen molar-refractivity contribution in [3.63, 3.8) is 0 Å². The summed E-state index contributed by atoms with van der Waals surface area (Å²) in [6.07, 6.45) is 3.08. The number of aromatic nitrogens is 2. The highest BCUT2D eigenvalue weighted by Crippen LogP contribution is 2.35. The first kappa shape index (κ1) is 19.1. The van der Waals surface area contributed by atoms with Gasteiger partial charge in [0.25, 0.3) is 5.56 Å². The molecule has 1 amide bonds. The number of ether oxygens (including phenoxy) is 1.